The number of sulfonamides is 1. The molecule has 140 valence electrons. The number of carboxylic acid groups (broad SMARTS) is 1. The topological polar surface area (TPSA) is 93.1 Å². The molecule has 26 heavy (non-hydrogen) atoms. The molecule has 2 aromatic rings. The molecule has 0 atom stereocenters. The third kappa shape index (κ3) is 4.10. The lowest BCUT2D eigenvalue weighted by atomic mass is 10.2. The number of benzene rings is 2. The van der Waals surface area contributed by atoms with Gasteiger partial charge in [-0.2, -0.15) is 0 Å². The maximum Gasteiger partial charge on any atom is 0.324 e. The maximum absolute atomic E-state index is 13.1. The van der Waals surface area contributed by atoms with Crippen LogP contribution in [0.25, 0.3) is 0 Å². The van der Waals surface area contributed by atoms with Crippen LogP contribution in [0.4, 0.5) is 5.69 Å². The Bertz CT molecular complexity index is 929. The smallest absolute Gasteiger partial charge is 0.324 e. The van der Waals surface area contributed by atoms with E-state index in [4.69, 9.17) is 9.47 Å². The van der Waals surface area contributed by atoms with Crippen LogP contribution in [0.15, 0.2) is 45.8 Å². The van der Waals surface area contributed by atoms with Crippen LogP contribution in [0.5, 0.6) is 11.5 Å². The molecular weight excluding hydrogens is 426 g/mol. The number of aliphatic carboxylic acids is 1. The molecule has 0 fully saturated rings. The number of hydrogen-bond acceptors (Lipinski definition) is 5. The summed E-state index contributed by atoms with van der Waals surface area (Å²) in [6, 6.07) is 8.91. The minimum atomic E-state index is -4.13. The van der Waals surface area contributed by atoms with Gasteiger partial charge < -0.3 is 14.6 Å². The van der Waals surface area contributed by atoms with Gasteiger partial charge in [-0.05, 0) is 42.8 Å². The van der Waals surface area contributed by atoms with Crippen molar-refractivity contribution in [2.75, 3.05) is 25.1 Å². The van der Waals surface area contributed by atoms with Gasteiger partial charge in [0.2, 0.25) is 0 Å². The molecule has 0 saturated heterocycles. The van der Waals surface area contributed by atoms with Crippen LogP contribution in [0.3, 0.4) is 0 Å². The number of hydrogen-bond donors (Lipinski definition) is 1. The monoisotopic (exact) mass is 443 g/mol. The fourth-order valence-electron chi connectivity index (χ4n) is 2.33. The number of nitrogens with zero attached hydrogens (tertiary/aromatic N) is 1. The molecular formula is C17H18BrNO6S. The van der Waals surface area contributed by atoms with Crippen molar-refractivity contribution in [1.29, 1.82) is 0 Å². The van der Waals surface area contributed by atoms with Gasteiger partial charge in [-0.15, -0.1) is 0 Å². The Morgan fingerprint density at radius 1 is 1.12 bits per heavy atom. The Kier molecular flexibility index (Phi) is 6.14. The third-order valence-electron chi connectivity index (χ3n) is 3.65. The highest BCUT2D eigenvalue weighted by Crippen LogP contribution is 2.33. The summed E-state index contributed by atoms with van der Waals surface area (Å²) in [6.07, 6.45) is 0. The van der Waals surface area contributed by atoms with Crippen LogP contribution >= 0.6 is 15.9 Å². The van der Waals surface area contributed by atoms with E-state index in [0.717, 1.165) is 14.3 Å². The summed E-state index contributed by atoms with van der Waals surface area (Å²) in [7, 11) is -1.31. The molecule has 2 aromatic carbocycles. The molecule has 2 rings (SSSR count). The van der Waals surface area contributed by atoms with E-state index in [1.807, 2.05) is 0 Å². The lowest BCUT2D eigenvalue weighted by Gasteiger charge is -2.23. The first-order valence-corrected chi connectivity index (χ1v) is 9.66. The molecule has 9 heteroatoms. The van der Waals surface area contributed by atoms with Gasteiger partial charge >= 0.3 is 5.97 Å². The SMILES string of the molecule is COc1ccc(S(=O)(=O)N(CC(=O)O)c2ccc(Br)c(C)c2)cc1OC. The van der Waals surface area contributed by atoms with Gasteiger partial charge in [0.25, 0.3) is 10.0 Å². The Morgan fingerprint density at radius 2 is 1.77 bits per heavy atom. The molecule has 0 saturated carbocycles. The molecule has 0 aliphatic rings. The molecule has 0 unspecified atom stereocenters. The Balaban J connectivity index is 2.59. The number of rotatable bonds is 7. The summed E-state index contributed by atoms with van der Waals surface area (Å²) in [5.74, 6) is -0.666. The second kappa shape index (κ2) is 7.96. The van der Waals surface area contributed by atoms with Crippen LogP contribution in [-0.2, 0) is 14.8 Å². The zero-order valence-corrected chi connectivity index (χ0v) is 16.8. The van der Waals surface area contributed by atoms with Crippen molar-refractivity contribution >= 4 is 37.6 Å². The standard InChI is InChI=1S/C17H18BrNO6S/c1-11-8-12(4-6-14(11)18)19(10-17(20)21)26(22,23)13-5-7-15(24-2)16(9-13)25-3/h4-9H,10H2,1-3H3,(H,20,21). The van der Waals surface area contributed by atoms with Crippen molar-refractivity contribution in [3.05, 3.63) is 46.4 Å². The second-order valence-electron chi connectivity index (χ2n) is 5.36. The van der Waals surface area contributed by atoms with E-state index in [0.29, 0.717) is 5.75 Å². The van der Waals surface area contributed by atoms with Gasteiger partial charge in [-0.1, -0.05) is 15.9 Å². The van der Waals surface area contributed by atoms with E-state index >= 15 is 0 Å². The zero-order chi connectivity index (χ0) is 19.5. The predicted molar refractivity (Wildman–Crippen MR) is 101 cm³/mol. The van der Waals surface area contributed by atoms with Crippen molar-refractivity contribution in [3.8, 4) is 11.5 Å². The minimum absolute atomic E-state index is 0.100. The number of carboxylic acids is 1. The van der Waals surface area contributed by atoms with Gasteiger partial charge in [0.05, 0.1) is 24.8 Å². The molecule has 0 heterocycles. The molecule has 0 aliphatic heterocycles. The number of halogens is 1. The van der Waals surface area contributed by atoms with E-state index in [-0.39, 0.29) is 16.3 Å². The van der Waals surface area contributed by atoms with Crippen molar-refractivity contribution in [1.82, 2.24) is 0 Å². The van der Waals surface area contributed by atoms with Crippen molar-refractivity contribution in [3.63, 3.8) is 0 Å². The number of carbonyl (C=O) groups is 1. The largest absolute Gasteiger partial charge is 0.493 e. The normalized spacial score (nSPS) is 11.1. The molecule has 0 aromatic heterocycles. The maximum atomic E-state index is 13.1. The first kappa shape index (κ1) is 20.1. The van der Waals surface area contributed by atoms with Crippen LogP contribution in [-0.4, -0.2) is 40.3 Å². The highest BCUT2D eigenvalue weighted by Gasteiger charge is 2.28. The lowest BCUT2D eigenvalue weighted by molar-refractivity contribution is -0.135. The molecule has 0 spiro atoms. The van der Waals surface area contributed by atoms with E-state index in [1.165, 1.54) is 32.4 Å². The van der Waals surface area contributed by atoms with E-state index in [1.54, 1.807) is 25.1 Å². The van der Waals surface area contributed by atoms with Crippen LogP contribution in [0.2, 0.25) is 0 Å². The highest BCUT2D eigenvalue weighted by atomic mass is 79.9. The van der Waals surface area contributed by atoms with Crippen molar-refractivity contribution in [2.24, 2.45) is 0 Å². The number of methoxy groups -OCH3 is 2. The lowest BCUT2D eigenvalue weighted by Crippen LogP contribution is -2.35. The third-order valence-corrected chi connectivity index (χ3v) is 6.31. The molecule has 7 nitrogen and oxygen atoms in total. The minimum Gasteiger partial charge on any atom is -0.493 e. The molecule has 0 radical (unpaired) electrons. The summed E-state index contributed by atoms with van der Waals surface area (Å²) >= 11 is 3.34. The molecule has 0 bridgehead atoms. The number of anilines is 1. The van der Waals surface area contributed by atoms with Crippen LogP contribution < -0.4 is 13.8 Å². The second-order valence-corrected chi connectivity index (χ2v) is 8.07. The van der Waals surface area contributed by atoms with E-state index < -0.39 is 22.5 Å². The number of ether oxygens (including phenoxy) is 2. The first-order valence-electron chi connectivity index (χ1n) is 7.43. The fraction of sp³-hybridized carbons (Fsp3) is 0.235. The van der Waals surface area contributed by atoms with Crippen LogP contribution in [0, 0.1) is 6.92 Å². The summed E-state index contributed by atoms with van der Waals surface area (Å²) in [4.78, 5) is 11.2. The first-order chi connectivity index (χ1) is 12.2. The van der Waals surface area contributed by atoms with Gasteiger partial charge in [0.1, 0.15) is 6.54 Å². The quantitative estimate of drug-likeness (QED) is 0.706. The summed E-state index contributed by atoms with van der Waals surface area (Å²) in [5, 5.41) is 9.20. The van der Waals surface area contributed by atoms with Crippen molar-refractivity contribution < 1.29 is 27.8 Å². The van der Waals surface area contributed by atoms with Crippen LogP contribution in [0.1, 0.15) is 5.56 Å². The predicted octanol–water partition coefficient (Wildman–Crippen LogP) is 3.05. The Labute approximate surface area is 160 Å². The van der Waals surface area contributed by atoms with Crippen molar-refractivity contribution in [2.45, 2.75) is 11.8 Å². The summed E-state index contributed by atoms with van der Waals surface area (Å²) in [6.45, 7) is 1.08. The fourth-order valence-corrected chi connectivity index (χ4v) is 3.99. The van der Waals surface area contributed by atoms with E-state index in [9.17, 15) is 18.3 Å². The average Bonchev–Trinajstić information content (AvgIpc) is 2.61. The van der Waals surface area contributed by atoms with Gasteiger partial charge in [-0.3, -0.25) is 9.10 Å². The van der Waals surface area contributed by atoms with E-state index in [2.05, 4.69) is 15.9 Å². The summed E-state index contributed by atoms with van der Waals surface area (Å²) < 4.78 is 38.1. The van der Waals surface area contributed by atoms with Gasteiger partial charge in [0.15, 0.2) is 11.5 Å². The molecule has 0 aliphatic carbocycles. The number of aryl methyl sites for hydroxylation is 1. The Morgan fingerprint density at radius 3 is 2.31 bits per heavy atom. The van der Waals surface area contributed by atoms with Gasteiger partial charge in [0, 0.05) is 10.5 Å². The molecule has 0 amide bonds. The average molecular weight is 444 g/mol. The van der Waals surface area contributed by atoms with Gasteiger partial charge in [-0.25, -0.2) is 8.42 Å². The summed E-state index contributed by atoms with van der Waals surface area (Å²) in [5.41, 5.74) is 1.03. The Hall–Kier alpha value is -2.26. The molecule has 1 N–H and O–H groups in total. The highest BCUT2D eigenvalue weighted by molar-refractivity contribution is 9.10. The zero-order valence-electron chi connectivity index (χ0n) is 14.4.